The normalized spacial score (nSPS) is 11.9. The van der Waals surface area contributed by atoms with E-state index >= 15 is 0 Å². The molecule has 3 rings (SSSR count). The zero-order chi connectivity index (χ0) is 14.3. The van der Waals surface area contributed by atoms with Gasteiger partial charge in [0.1, 0.15) is 5.82 Å². The van der Waals surface area contributed by atoms with Crippen LogP contribution < -0.4 is 5.73 Å². The minimum absolute atomic E-state index is 0.358. The number of rotatable bonds is 1. The third kappa shape index (κ3) is 2.18. The van der Waals surface area contributed by atoms with Crippen LogP contribution in [0.1, 0.15) is 5.56 Å². The summed E-state index contributed by atoms with van der Waals surface area (Å²) in [6, 6.07) is 8.08. The summed E-state index contributed by atoms with van der Waals surface area (Å²) in [6.07, 6.45) is -2.70. The van der Waals surface area contributed by atoms with Gasteiger partial charge in [-0.1, -0.05) is 12.1 Å². The molecule has 7 heteroatoms. The quantitative estimate of drug-likeness (QED) is 0.744. The van der Waals surface area contributed by atoms with Gasteiger partial charge in [-0.3, -0.25) is 0 Å². The van der Waals surface area contributed by atoms with Crippen LogP contribution in [0.5, 0.6) is 0 Å². The number of hydrogen-bond donors (Lipinski definition) is 1. The summed E-state index contributed by atoms with van der Waals surface area (Å²) in [5, 5.41) is 4.23. The SMILES string of the molecule is Nc1ccn2nc(-c3ccc(C(F)(F)F)cc3)cc2n1. The third-order valence-electron chi connectivity index (χ3n) is 2.85. The van der Waals surface area contributed by atoms with Crippen molar-refractivity contribution in [3.8, 4) is 11.3 Å². The molecule has 0 aliphatic rings. The van der Waals surface area contributed by atoms with Gasteiger partial charge in [-0.05, 0) is 18.2 Å². The minimum Gasteiger partial charge on any atom is -0.384 e. The van der Waals surface area contributed by atoms with Crippen molar-refractivity contribution in [2.24, 2.45) is 0 Å². The van der Waals surface area contributed by atoms with Gasteiger partial charge in [0.2, 0.25) is 0 Å². The molecule has 20 heavy (non-hydrogen) atoms. The molecule has 102 valence electrons. The molecule has 0 atom stereocenters. The summed E-state index contributed by atoms with van der Waals surface area (Å²) in [7, 11) is 0. The molecule has 0 aliphatic carbocycles. The number of nitrogens with two attached hydrogens (primary N) is 1. The second-order valence-corrected chi connectivity index (χ2v) is 4.26. The first kappa shape index (κ1) is 12.5. The number of anilines is 1. The zero-order valence-electron chi connectivity index (χ0n) is 10.1. The van der Waals surface area contributed by atoms with Crippen molar-refractivity contribution in [3.63, 3.8) is 0 Å². The molecule has 0 radical (unpaired) electrons. The first-order chi connectivity index (χ1) is 9.43. The number of alkyl halides is 3. The van der Waals surface area contributed by atoms with E-state index in [4.69, 9.17) is 5.73 Å². The van der Waals surface area contributed by atoms with Crippen LogP contribution >= 0.6 is 0 Å². The molecule has 0 aliphatic heterocycles. The Morgan fingerprint density at radius 1 is 1.05 bits per heavy atom. The number of halogens is 3. The topological polar surface area (TPSA) is 56.2 Å². The van der Waals surface area contributed by atoms with Gasteiger partial charge in [0.25, 0.3) is 0 Å². The molecule has 0 fully saturated rings. The molecule has 0 saturated carbocycles. The highest BCUT2D eigenvalue weighted by molar-refractivity contribution is 5.64. The molecule has 0 unspecified atom stereocenters. The fourth-order valence-electron chi connectivity index (χ4n) is 1.87. The molecular weight excluding hydrogens is 269 g/mol. The lowest BCUT2D eigenvalue weighted by atomic mass is 10.1. The van der Waals surface area contributed by atoms with Gasteiger partial charge < -0.3 is 5.73 Å². The first-order valence-corrected chi connectivity index (χ1v) is 5.73. The Morgan fingerprint density at radius 3 is 2.40 bits per heavy atom. The Kier molecular flexibility index (Phi) is 2.63. The highest BCUT2D eigenvalue weighted by Crippen LogP contribution is 2.30. The van der Waals surface area contributed by atoms with Crippen LogP contribution in [0.4, 0.5) is 19.0 Å². The number of nitrogens with zero attached hydrogens (tertiary/aromatic N) is 3. The lowest BCUT2D eigenvalue weighted by molar-refractivity contribution is -0.137. The summed E-state index contributed by atoms with van der Waals surface area (Å²) in [6.45, 7) is 0. The fraction of sp³-hybridized carbons (Fsp3) is 0.0769. The van der Waals surface area contributed by atoms with Crippen molar-refractivity contribution in [2.75, 3.05) is 5.73 Å². The van der Waals surface area contributed by atoms with Crippen LogP contribution in [0.3, 0.4) is 0 Å². The summed E-state index contributed by atoms with van der Waals surface area (Å²) in [4.78, 5) is 4.08. The highest BCUT2D eigenvalue weighted by atomic mass is 19.4. The van der Waals surface area contributed by atoms with E-state index in [1.54, 1.807) is 18.3 Å². The maximum atomic E-state index is 12.5. The lowest BCUT2D eigenvalue weighted by Gasteiger charge is -2.06. The standard InChI is InChI=1S/C13H9F3N4/c14-13(15,16)9-3-1-8(2-4-9)10-7-12-18-11(17)5-6-20(12)19-10/h1-7H,(H2,17,18). The van der Waals surface area contributed by atoms with Crippen molar-refractivity contribution in [2.45, 2.75) is 6.18 Å². The first-order valence-electron chi connectivity index (χ1n) is 5.73. The monoisotopic (exact) mass is 278 g/mol. The average Bonchev–Trinajstić information content (AvgIpc) is 2.80. The molecule has 1 aromatic carbocycles. The van der Waals surface area contributed by atoms with Crippen LogP contribution in [0.2, 0.25) is 0 Å². The van der Waals surface area contributed by atoms with E-state index in [-0.39, 0.29) is 0 Å². The van der Waals surface area contributed by atoms with Crippen molar-refractivity contribution in [1.82, 2.24) is 14.6 Å². The molecule has 0 amide bonds. The molecule has 2 N–H and O–H groups in total. The Balaban J connectivity index is 2.02. The molecule has 2 aromatic heterocycles. The minimum atomic E-state index is -4.34. The number of aromatic nitrogens is 3. The average molecular weight is 278 g/mol. The van der Waals surface area contributed by atoms with E-state index < -0.39 is 11.7 Å². The zero-order valence-corrected chi connectivity index (χ0v) is 10.1. The Morgan fingerprint density at radius 2 is 1.75 bits per heavy atom. The van der Waals surface area contributed by atoms with E-state index in [1.807, 2.05) is 0 Å². The predicted molar refractivity (Wildman–Crippen MR) is 67.8 cm³/mol. The Labute approximate surface area is 111 Å². The maximum Gasteiger partial charge on any atom is 0.416 e. The predicted octanol–water partition coefficient (Wildman–Crippen LogP) is 3.00. The Hall–Kier alpha value is -2.57. The smallest absolute Gasteiger partial charge is 0.384 e. The van der Waals surface area contributed by atoms with Crippen molar-refractivity contribution in [1.29, 1.82) is 0 Å². The molecule has 0 bridgehead atoms. The van der Waals surface area contributed by atoms with Crippen molar-refractivity contribution < 1.29 is 13.2 Å². The van der Waals surface area contributed by atoms with Crippen molar-refractivity contribution in [3.05, 3.63) is 48.2 Å². The highest BCUT2D eigenvalue weighted by Gasteiger charge is 2.30. The van der Waals surface area contributed by atoms with Crippen LogP contribution in [-0.2, 0) is 6.18 Å². The van der Waals surface area contributed by atoms with Crippen LogP contribution in [0, 0.1) is 0 Å². The fourth-order valence-corrected chi connectivity index (χ4v) is 1.87. The van der Waals surface area contributed by atoms with Gasteiger partial charge in [0.15, 0.2) is 5.65 Å². The van der Waals surface area contributed by atoms with Crippen molar-refractivity contribution >= 4 is 11.5 Å². The molecule has 4 nitrogen and oxygen atoms in total. The summed E-state index contributed by atoms with van der Waals surface area (Å²) >= 11 is 0. The van der Waals surface area contributed by atoms with Gasteiger partial charge in [-0.15, -0.1) is 0 Å². The lowest BCUT2D eigenvalue weighted by Crippen LogP contribution is -2.04. The second kappa shape index (κ2) is 4.22. The summed E-state index contributed by atoms with van der Waals surface area (Å²) in [5.41, 5.74) is 6.54. The van der Waals surface area contributed by atoms with Gasteiger partial charge in [0.05, 0.1) is 11.3 Å². The van der Waals surface area contributed by atoms with E-state index in [0.29, 0.717) is 22.7 Å². The van der Waals surface area contributed by atoms with Crippen LogP contribution in [-0.4, -0.2) is 14.6 Å². The van der Waals surface area contributed by atoms with Gasteiger partial charge >= 0.3 is 6.18 Å². The van der Waals surface area contributed by atoms with Crippen LogP contribution in [0.15, 0.2) is 42.6 Å². The largest absolute Gasteiger partial charge is 0.416 e. The van der Waals surface area contributed by atoms with Crippen LogP contribution in [0.25, 0.3) is 16.9 Å². The molecule has 3 aromatic rings. The molecule has 0 saturated heterocycles. The number of benzene rings is 1. The molecular formula is C13H9F3N4. The second-order valence-electron chi connectivity index (χ2n) is 4.26. The number of fused-ring (bicyclic) bond motifs is 1. The van der Waals surface area contributed by atoms with Gasteiger partial charge in [-0.25, -0.2) is 9.50 Å². The molecule has 0 spiro atoms. The number of nitrogen functional groups attached to an aromatic ring is 1. The van der Waals surface area contributed by atoms with Gasteiger partial charge in [-0.2, -0.15) is 18.3 Å². The van der Waals surface area contributed by atoms with E-state index in [2.05, 4.69) is 10.1 Å². The molecule has 2 heterocycles. The van der Waals surface area contributed by atoms with E-state index in [9.17, 15) is 13.2 Å². The number of hydrogen-bond acceptors (Lipinski definition) is 3. The summed E-state index contributed by atoms with van der Waals surface area (Å²) in [5.74, 6) is 0.358. The maximum absolute atomic E-state index is 12.5. The Bertz CT molecular complexity index is 759. The summed E-state index contributed by atoms with van der Waals surface area (Å²) < 4.78 is 39.0. The van der Waals surface area contributed by atoms with Gasteiger partial charge in [0, 0.05) is 17.8 Å². The van der Waals surface area contributed by atoms with E-state index in [0.717, 1.165) is 12.1 Å². The van der Waals surface area contributed by atoms with E-state index in [1.165, 1.54) is 16.6 Å². The third-order valence-corrected chi connectivity index (χ3v) is 2.85.